The number of carbonyl (C=O) groups is 3. The first-order valence-corrected chi connectivity index (χ1v) is 52.0. The Kier molecular flexibility index (Phi) is 92.2. The Morgan fingerprint density at radius 3 is 0.632 bits per heavy atom. The predicted octanol–water partition coefficient (Wildman–Crippen LogP) is 30.9. The highest BCUT2D eigenvalue weighted by atomic mass is 31.2. The highest BCUT2D eigenvalue weighted by Gasteiger charge is 2.30. The third-order valence-corrected chi connectivity index (χ3v) is 22.1. The van der Waals surface area contributed by atoms with E-state index in [0.717, 1.165) is 225 Å². The van der Waals surface area contributed by atoms with Crippen LogP contribution in [0.25, 0.3) is 0 Å². The molecule has 0 aromatic heterocycles. The molecule has 0 spiro atoms. The number of hydrogen-bond acceptors (Lipinski definition) is 14. The lowest BCUT2D eigenvalue weighted by Gasteiger charge is -2.21. The van der Waals surface area contributed by atoms with Crippen molar-refractivity contribution >= 4 is 33.6 Å². The minimum Gasteiger partial charge on any atom is -0.463 e. The minimum absolute atomic E-state index is 0.0866. The summed E-state index contributed by atoms with van der Waals surface area (Å²) >= 11 is 0. The van der Waals surface area contributed by atoms with Crippen molar-refractivity contribution in [1.29, 1.82) is 0 Å². The Morgan fingerprint density at radius 2 is 0.400 bits per heavy atom. The van der Waals surface area contributed by atoms with Crippen LogP contribution in [-0.2, 0) is 55.8 Å². The summed E-state index contributed by atoms with van der Waals surface area (Å²) in [5.41, 5.74) is 0. The second kappa shape index (κ2) is 96.9. The molecule has 0 saturated carbocycles. The fraction of sp³-hybridized carbons (Fsp3) is 0.636. The summed E-state index contributed by atoms with van der Waals surface area (Å²) in [6.07, 6.45) is 133. The van der Waals surface area contributed by atoms with Crippen LogP contribution in [0.5, 0.6) is 0 Å². The summed E-state index contributed by atoms with van der Waals surface area (Å²) < 4.78 is 61.6. The Hall–Kier alpha value is -6.13. The average molecular weight is 1780 g/mol. The molecule has 0 aromatic carbocycles. The monoisotopic (exact) mass is 1780 g/mol. The molecule has 0 heterocycles. The second-order valence-electron chi connectivity index (χ2n) is 32.1. The van der Waals surface area contributed by atoms with Crippen LogP contribution in [0.1, 0.15) is 380 Å². The molecule has 0 aliphatic carbocycles. The summed E-state index contributed by atoms with van der Waals surface area (Å²) in [6, 6.07) is 0. The smallest absolute Gasteiger partial charge is 0.463 e. The topological polar surface area (TPSA) is 231 Å². The highest BCUT2D eigenvalue weighted by molar-refractivity contribution is 7.47. The van der Waals surface area contributed by atoms with Crippen molar-refractivity contribution in [2.75, 3.05) is 39.6 Å². The van der Waals surface area contributed by atoms with Crippen LogP contribution < -0.4 is 0 Å². The zero-order valence-corrected chi connectivity index (χ0v) is 80.2. The van der Waals surface area contributed by atoms with Gasteiger partial charge in [0.05, 0.1) is 26.4 Å². The van der Waals surface area contributed by atoms with E-state index in [4.69, 9.17) is 32.3 Å². The molecule has 16 nitrogen and oxygen atoms in total. The van der Waals surface area contributed by atoms with Gasteiger partial charge in [0.15, 0.2) is 6.10 Å². The van der Waals surface area contributed by atoms with Gasteiger partial charge in [-0.25, -0.2) is 9.13 Å². The van der Waals surface area contributed by atoms with Gasteiger partial charge >= 0.3 is 33.6 Å². The molecule has 18 heteroatoms. The molecular weight excluding hydrogens is 1600 g/mol. The van der Waals surface area contributed by atoms with Gasteiger partial charge in [0.2, 0.25) is 0 Å². The summed E-state index contributed by atoms with van der Waals surface area (Å²) in [4.78, 5) is 59.2. The summed E-state index contributed by atoms with van der Waals surface area (Å²) in [5, 5.41) is 20.8. The quantitative estimate of drug-likeness (QED) is 0.0146. The fourth-order valence-corrected chi connectivity index (χ4v) is 14.5. The largest absolute Gasteiger partial charge is 0.472 e. The molecule has 0 radical (unpaired) electrons. The number of phosphoric ester groups is 2. The zero-order valence-electron chi connectivity index (χ0n) is 78.4. The lowest BCUT2D eigenvalue weighted by atomic mass is 10.0. The Bertz CT molecular complexity index is 3150. The SMILES string of the molecule is CC/C=C\C/C=C\C/C=C\C/C=C\C/C=C\C/C=C\CCCCCCCCCCCCCCC(=O)OCC(O)COP(=O)(O)OCC(O)COP(=O)(O)OCC(COC(=O)CCCCCCCCCCCCCC/C=C\C/C=C\C/C=C\C/C=C\C/C=C\C/C=C\CC)OC(=O)CCCCCCCCCC/C=C\C/C=C\C/C=C\C/C=C\C/C=C\C/C=C\CC. The number of aliphatic hydroxyl groups is 2. The first-order chi connectivity index (χ1) is 61.2. The van der Waals surface area contributed by atoms with Gasteiger partial charge in [-0.3, -0.25) is 32.5 Å². The first-order valence-electron chi connectivity index (χ1n) is 49.0. The number of phosphoric acid groups is 2. The molecule has 0 aromatic rings. The molecule has 0 bridgehead atoms. The molecule has 4 N–H and O–H groups in total. The van der Waals surface area contributed by atoms with E-state index in [2.05, 4.69) is 240 Å². The molecule has 0 fully saturated rings. The van der Waals surface area contributed by atoms with Gasteiger partial charge in [-0.1, -0.05) is 406 Å². The van der Waals surface area contributed by atoms with E-state index in [0.29, 0.717) is 19.3 Å². The maximum absolute atomic E-state index is 13.1. The van der Waals surface area contributed by atoms with E-state index in [9.17, 15) is 43.5 Å². The van der Waals surface area contributed by atoms with E-state index >= 15 is 0 Å². The number of ether oxygens (including phenoxy) is 3. The standard InChI is InChI=1S/C107H176O16P2/c1-4-7-10-13-16-19-22-25-28-31-34-37-40-43-46-48-50-52-55-57-60-63-66-69-72-75-78-81-84-87-90-93-105(110)117-96-102(108)97-119-124(113,114)120-98-103(109)99-121-125(115,116)122-101-104(123-107(112)95-92-89-86-83-80-77-74-71-68-65-62-59-54-45-42-39-36-33-30-27-24-21-18-15-12-9-6-3)100-118-106(111)94-91-88-85-82-79-76-73-70-67-64-61-58-56-53-51-49-47-44-41-38-35-32-29-26-23-20-17-14-11-8-5-2/h7-12,16-21,25-30,34-39,43-47,50-54,62,65,102-104,108-109H,4-6,13-15,22-24,31-33,40-42,48-49,55-61,63-64,66-101H2,1-3H3,(H,113,114)(H,115,116)/b10-7-,11-8-,12-9-,19-16-,20-17-,21-18-,28-25-,29-26-,30-27-,37-34-,38-35-,39-36-,46-43-,47-44-,52-50-,53-51-,54-45-,65-62-. The maximum Gasteiger partial charge on any atom is 0.472 e. The highest BCUT2D eigenvalue weighted by Crippen LogP contribution is 2.45. The lowest BCUT2D eigenvalue weighted by Crippen LogP contribution is -2.30. The summed E-state index contributed by atoms with van der Waals surface area (Å²) in [6.45, 7) is 2.36. The fourth-order valence-electron chi connectivity index (χ4n) is 12.9. The number of hydrogen-bond donors (Lipinski definition) is 4. The van der Waals surface area contributed by atoms with Crippen molar-refractivity contribution in [3.63, 3.8) is 0 Å². The first kappa shape index (κ1) is 119. The normalized spacial score (nSPS) is 14.6. The van der Waals surface area contributed by atoms with Gasteiger partial charge in [-0.05, 0) is 173 Å². The number of unbranched alkanes of at least 4 members (excludes halogenated alkanes) is 32. The van der Waals surface area contributed by atoms with Crippen molar-refractivity contribution in [2.24, 2.45) is 0 Å². The molecule has 710 valence electrons. The lowest BCUT2D eigenvalue weighted by molar-refractivity contribution is -0.161. The number of aliphatic hydroxyl groups excluding tert-OH is 2. The van der Waals surface area contributed by atoms with Crippen LogP contribution in [0.2, 0.25) is 0 Å². The minimum atomic E-state index is -4.96. The maximum atomic E-state index is 13.1. The predicted molar refractivity (Wildman–Crippen MR) is 527 cm³/mol. The van der Waals surface area contributed by atoms with E-state index in [1.165, 1.54) is 96.3 Å². The van der Waals surface area contributed by atoms with Crippen LogP contribution in [0.4, 0.5) is 0 Å². The molecule has 0 aliphatic rings. The number of allylic oxidation sites excluding steroid dienone is 36. The second-order valence-corrected chi connectivity index (χ2v) is 35.0. The average Bonchev–Trinajstić information content (AvgIpc) is 0.901. The Morgan fingerprint density at radius 1 is 0.224 bits per heavy atom. The summed E-state index contributed by atoms with van der Waals surface area (Å²) in [7, 11) is -9.83. The molecule has 0 amide bonds. The van der Waals surface area contributed by atoms with Crippen LogP contribution in [-0.4, -0.2) is 95.9 Å². The van der Waals surface area contributed by atoms with Crippen molar-refractivity contribution < 1.29 is 75.8 Å². The Balaban J connectivity index is 4.68. The van der Waals surface area contributed by atoms with Gasteiger partial charge in [0.1, 0.15) is 25.4 Å². The number of carbonyl (C=O) groups excluding carboxylic acids is 3. The van der Waals surface area contributed by atoms with Crippen LogP contribution in [0.15, 0.2) is 219 Å². The van der Waals surface area contributed by atoms with Gasteiger partial charge in [-0.15, -0.1) is 0 Å². The van der Waals surface area contributed by atoms with E-state index in [1.807, 2.05) is 0 Å². The van der Waals surface area contributed by atoms with Crippen molar-refractivity contribution in [3.05, 3.63) is 219 Å². The van der Waals surface area contributed by atoms with Crippen molar-refractivity contribution in [2.45, 2.75) is 399 Å². The van der Waals surface area contributed by atoms with Crippen molar-refractivity contribution in [1.82, 2.24) is 0 Å². The molecule has 0 saturated heterocycles. The third-order valence-electron chi connectivity index (χ3n) is 20.2. The van der Waals surface area contributed by atoms with Gasteiger partial charge in [0.25, 0.3) is 0 Å². The number of esters is 3. The van der Waals surface area contributed by atoms with Crippen molar-refractivity contribution in [3.8, 4) is 0 Å². The van der Waals surface area contributed by atoms with Crippen LogP contribution in [0, 0.1) is 0 Å². The molecule has 125 heavy (non-hydrogen) atoms. The van der Waals surface area contributed by atoms with E-state index < -0.39 is 91.5 Å². The number of rotatable bonds is 91. The van der Waals surface area contributed by atoms with Gasteiger partial charge in [0, 0.05) is 19.3 Å². The van der Waals surface area contributed by atoms with Gasteiger partial charge < -0.3 is 34.2 Å². The van der Waals surface area contributed by atoms with Gasteiger partial charge in [-0.2, -0.15) is 0 Å². The molecule has 0 rings (SSSR count). The Labute approximate surface area is 762 Å². The van der Waals surface area contributed by atoms with Crippen LogP contribution in [0.3, 0.4) is 0 Å². The van der Waals surface area contributed by atoms with E-state index in [-0.39, 0.29) is 19.3 Å². The molecule has 5 atom stereocenters. The zero-order chi connectivity index (χ0) is 90.7. The molecule has 5 unspecified atom stereocenters. The van der Waals surface area contributed by atoms with Crippen LogP contribution >= 0.6 is 15.6 Å². The summed E-state index contributed by atoms with van der Waals surface area (Å²) in [5.74, 6) is -1.59. The third kappa shape index (κ3) is 98.3. The van der Waals surface area contributed by atoms with E-state index in [1.54, 1.807) is 0 Å². The molecule has 0 aliphatic heterocycles. The molecular formula is C107H176O16P2.